The number of carbonyl (C=O) groups is 1. The predicted molar refractivity (Wildman–Crippen MR) is 87.5 cm³/mol. The molecule has 0 aliphatic rings. The van der Waals surface area contributed by atoms with Gasteiger partial charge in [-0.15, -0.1) is 11.3 Å². The van der Waals surface area contributed by atoms with E-state index in [0.717, 1.165) is 10.9 Å². The summed E-state index contributed by atoms with van der Waals surface area (Å²) in [5.74, 6) is -0.439. The van der Waals surface area contributed by atoms with Crippen LogP contribution in [0, 0.1) is 6.92 Å². The first-order chi connectivity index (χ1) is 9.90. The highest BCUT2D eigenvalue weighted by Gasteiger charge is 2.20. The van der Waals surface area contributed by atoms with Gasteiger partial charge in [-0.05, 0) is 31.9 Å². The molecule has 1 N–H and O–H groups in total. The van der Waals surface area contributed by atoms with Crippen LogP contribution in [0.1, 0.15) is 48.2 Å². The number of thiophene rings is 1. The Hall–Kier alpha value is -1.27. The number of thioether (sulfide) groups is 1. The summed E-state index contributed by atoms with van der Waals surface area (Å²) in [5.41, 5.74) is 1.14. The molecular formula is C15H20N2O2S2. The van der Waals surface area contributed by atoms with Crippen molar-refractivity contribution in [1.82, 2.24) is 9.55 Å². The third-order valence-corrected chi connectivity index (χ3v) is 5.39. The van der Waals surface area contributed by atoms with Crippen molar-refractivity contribution in [1.29, 1.82) is 0 Å². The monoisotopic (exact) mass is 324 g/mol. The van der Waals surface area contributed by atoms with E-state index in [-0.39, 0.29) is 11.8 Å². The molecule has 0 bridgehead atoms. The first-order valence-corrected chi connectivity index (χ1v) is 8.68. The zero-order chi connectivity index (χ0) is 15.6. The van der Waals surface area contributed by atoms with Crippen LogP contribution in [-0.2, 0) is 4.79 Å². The van der Waals surface area contributed by atoms with Gasteiger partial charge in [0.2, 0.25) is 0 Å². The van der Waals surface area contributed by atoms with Crippen molar-refractivity contribution < 1.29 is 9.90 Å². The second-order valence-corrected chi connectivity index (χ2v) is 7.56. The standard InChI is InChI=1S/C15H20N2O2S2/c1-9(2)12-7-16-15(20-8-14(18)19)17(12)11(4)13-6-5-10(3)21-13/h5-7,9,11H,8H2,1-4H3,(H,18,19). The number of rotatable bonds is 6. The van der Waals surface area contributed by atoms with Gasteiger partial charge in [-0.1, -0.05) is 25.6 Å². The Labute approximate surface area is 133 Å². The summed E-state index contributed by atoms with van der Waals surface area (Å²) in [6.07, 6.45) is 1.87. The third kappa shape index (κ3) is 3.68. The molecule has 0 aliphatic carbocycles. The number of hydrogen-bond donors (Lipinski definition) is 1. The molecule has 2 aromatic rings. The lowest BCUT2D eigenvalue weighted by Gasteiger charge is -2.19. The lowest BCUT2D eigenvalue weighted by atomic mass is 10.1. The minimum atomic E-state index is -0.819. The molecule has 0 aliphatic heterocycles. The molecule has 2 aromatic heterocycles. The molecule has 0 saturated carbocycles. The van der Waals surface area contributed by atoms with Crippen LogP contribution in [0.15, 0.2) is 23.5 Å². The Balaban J connectivity index is 2.38. The van der Waals surface area contributed by atoms with E-state index in [2.05, 4.69) is 49.4 Å². The van der Waals surface area contributed by atoms with Gasteiger partial charge in [0, 0.05) is 21.6 Å². The number of aliphatic carboxylic acids is 1. The molecule has 6 heteroatoms. The molecular weight excluding hydrogens is 304 g/mol. The lowest BCUT2D eigenvalue weighted by Crippen LogP contribution is -2.12. The van der Waals surface area contributed by atoms with E-state index in [0.29, 0.717) is 5.92 Å². The van der Waals surface area contributed by atoms with Crippen molar-refractivity contribution >= 4 is 29.1 Å². The zero-order valence-corrected chi connectivity index (χ0v) is 14.3. The van der Waals surface area contributed by atoms with E-state index in [1.165, 1.54) is 21.5 Å². The summed E-state index contributed by atoms with van der Waals surface area (Å²) < 4.78 is 2.17. The Morgan fingerprint density at radius 2 is 2.14 bits per heavy atom. The second-order valence-electron chi connectivity index (χ2n) is 5.30. The second kappa shape index (κ2) is 6.66. The summed E-state index contributed by atoms with van der Waals surface area (Å²) in [4.78, 5) is 17.8. The van der Waals surface area contributed by atoms with Gasteiger partial charge in [-0.25, -0.2) is 4.98 Å². The number of imidazole rings is 1. The number of aromatic nitrogens is 2. The van der Waals surface area contributed by atoms with Crippen molar-refractivity contribution in [2.45, 2.75) is 44.8 Å². The van der Waals surface area contributed by atoms with Crippen LogP contribution in [0.25, 0.3) is 0 Å². The Kier molecular flexibility index (Phi) is 5.11. The smallest absolute Gasteiger partial charge is 0.313 e. The van der Waals surface area contributed by atoms with Gasteiger partial charge in [-0.3, -0.25) is 4.79 Å². The molecule has 21 heavy (non-hydrogen) atoms. The average Bonchev–Trinajstić information content (AvgIpc) is 3.01. The van der Waals surface area contributed by atoms with Gasteiger partial charge in [-0.2, -0.15) is 0 Å². The first kappa shape index (κ1) is 16.1. The fourth-order valence-electron chi connectivity index (χ4n) is 2.21. The van der Waals surface area contributed by atoms with Crippen molar-refractivity contribution in [3.8, 4) is 0 Å². The van der Waals surface area contributed by atoms with Gasteiger partial charge in [0.25, 0.3) is 0 Å². The Morgan fingerprint density at radius 3 is 2.67 bits per heavy atom. The third-order valence-electron chi connectivity index (χ3n) is 3.27. The molecule has 1 atom stereocenters. The molecule has 0 aromatic carbocycles. The Morgan fingerprint density at radius 1 is 1.43 bits per heavy atom. The highest BCUT2D eigenvalue weighted by atomic mass is 32.2. The minimum absolute atomic E-state index is 0.0325. The average molecular weight is 324 g/mol. The summed E-state index contributed by atoms with van der Waals surface area (Å²) in [7, 11) is 0. The van der Waals surface area contributed by atoms with Crippen molar-refractivity contribution in [3.05, 3.63) is 33.8 Å². The number of aryl methyl sites for hydroxylation is 1. The maximum absolute atomic E-state index is 10.8. The molecule has 0 radical (unpaired) electrons. The molecule has 0 fully saturated rings. The molecule has 0 amide bonds. The van der Waals surface area contributed by atoms with Crippen LogP contribution in [-0.4, -0.2) is 26.4 Å². The highest BCUT2D eigenvalue weighted by molar-refractivity contribution is 7.99. The van der Waals surface area contributed by atoms with Gasteiger partial charge < -0.3 is 9.67 Å². The van der Waals surface area contributed by atoms with Gasteiger partial charge in [0.15, 0.2) is 5.16 Å². The molecule has 2 rings (SSSR count). The first-order valence-electron chi connectivity index (χ1n) is 6.88. The molecule has 2 heterocycles. The van der Waals surface area contributed by atoms with E-state index in [9.17, 15) is 4.79 Å². The normalized spacial score (nSPS) is 12.8. The van der Waals surface area contributed by atoms with Crippen molar-refractivity contribution in [3.63, 3.8) is 0 Å². The quantitative estimate of drug-likeness (QED) is 0.811. The van der Waals surface area contributed by atoms with Gasteiger partial charge in [0.1, 0.15) is 0 Å². The van der Waals surface area contributed by atoms with Crippen LogP contribution in [0.3, 0.4) is 0 Å². The zero-order valence-electron chi connectivity index (χ0n) is 12.7. The van der Waals surface area contributed by atoms with Crippen LogP contribution in [0.2, 0.25) is 0 Å². The fourth-order valence-corrected chi connectivity index (χ4v) is 3.91. The molecule has 4 nitrogen and oxygen atoms in total. The summed E-state index contributed by atoms with van der Waals surface area (Å²) >= 11 is 3.05. The molecule has 0 saturated heterocycles. The van der Waals surface area contributed by atoms with Gasteiger partial charge >= 0.3 is 5.97 Å². The SMILES string of the molecule is Cc1ccc(C(C)n2c(C(C)C)cnc2SCC(=O)O)s1. The van der Waals surface area contributed by atoms with Crippen LogP contribution < -0.4 is 0 Å². The summed E-state index contributed by atoms with van der Waals surface area (Å²) in [6.45, 7) is 8.50. The van der Waals surface area contributed by atoms with Gasteiger partial charge in [0.05, 0.1) is 11.8 Å². The van der Waals surface area contributed by atoms with Crippen LogP contribution >= 0.6 is 23.1 Å². The highest BCUT2D eigenvalue weighted by Crippen LogP contribution is 2.33. The van der Waals surface area contributed by atoms with E-state index in [1.807, 2.05) is 6.20 Å². The van der Waals surface area contributed by atoms with Crippen LogP contribution in [0.5, 0.6) is 0 Å². The molecule has 0 spiro atoms. The Bertz CT molecular complexity index is 631. The van der Waals surface area contributed by atoms with Crippen molar-refractivity contribution in [2.75, 3.05) is 5.75 Å². The summed E-state index contributed by atoms with van der Waals surface area (Å²) in [6, 6.07) is 4.42. The molecule has 1 unspecified atom stereocenters. The maximum atomic E-state index is 10.8. The van der Waals surface area contributed by atoms with E-state index < -0.39 is 5.97 Å². The number of carboxylic acid groups (broad SMARTS) is 1. The maximum Gasteiger partial charge on any atom is 0.313 e. The van der Waals surface area contributed by atoms with E-state index in [1.54, 1.807) is 11.3 Å². The molecule has 114 valence electrons. The number of carboxylic acids is 1. The van der Waals surface area contributed by atoms with Crippen molar-refractivity contribution in [2.24, 2.45) is 0 Å². The minimum Gasteiger partial charge on any atom is -0.481 e. The largest absolute Gasteiger partial charge is 0.481 e. The van der Waals surface area contributed by atoms with E-state index >= 15 is 0 Å². The lowest BCUT2D eigenvalue weighted by molar-refractivity contribution is -0.133. The summed E-state index contributed by atoms with van der Waals surface area (Å²) in [5, 5.41) is 9.66. The van der Waals surface area contributed by atoms with Crippen LogP contribution in [0.4, 0.5) is 0 Å². The predicted octanol–water partition coefficient (Wildman–Crippen LogP) is 4.16. The van der Waals surface area contributed by atoms with E-state index in [4.69, 9.17) is 5.11 Å². The number of nitrogens with zero attached hydrogens (tertiary/aromatic N) is 2. The fraction of sp³-hybridized carbons (Fsp3) is 0.467. The topological polar surface area (TPSA) is 55.1 Å². The number of hydrogen-bond acceptors (Lipinski definition) is 4.